The summed E-state index contributed by atoms with van der Waals surface area (Å²) < 4.78 is 0. The molecule has 0 aromatic rings. The zero-order chi connectivity index (χ0) is 8.10. The molecule has 0 heterocycles. The van der Waals surface area contributed by atoms with E-state index in [1.54, 1.807) is 0 Å². The number of aliphatic hydroxyl groups is 1. The van der Waals surface area contributed by atoms with Crippen molar-refractivity contribution < 1.29 is 5.11 Å². The van der Waals surface area contributed by atoms with Crippen LogP contribution >= 0.6 is 0 Å². The molecule has 1 aliphatic carbocycles. The van der Waals surface area contributed by atoms with Gasteiger partial charge in [-0.25, -0.2) is 0 Å². The number of aliphatic hydroxyl groups excluding tert-OH is 1. The maximum atomic E-state index is 9.55. The maximum absolute atomic E-state index is 9.55. The monoisotopic (exact) mass is 157 g/mol. The smallest absolute Gasteiger partial charge is 0.0568 e. The van der Waals surface area contributed by atoms with Gasteiger partial charge in [-0.3, -0.25) is 0 Å². The zero-order valence-corrected chi connectivity index (χ0v) is 7.13. The first-order valence-corrected chi connectivity index (χ1v) is 4.72. The van der Waals surface area contributed by atoms with Crippen LogP contribution in [0.5, 0.6) is 0 Å². The van der Waals surface area contributed by atoms with Gasteiger partial charge in [-0.05, 0) is 38.1 Å². The summed E-state index contributed by atoms with van der Waals surface area (Å²) in [4.78, 5) is 0. The molecule has 0 aliphatic heterocycles. The van der Waals surface area contributed by atoms with Crippen molar-refractivity contribution in [3.8, 4) is 0 Å². The second kappa shape index (κ2) is 4.73. The van der Waals surface area contributed by atoms with Crippen molar-refractivity contribution in [3.63, 3.8) is 0 Å². The van der Waals surface area contributed by atoms with Crippen LogP contribution < -0.4 is 5.73 Å². The molecule has 2 heteroatoms. The van der Waals surface area contributed by atoms with E-state index in [0.717, 1.165) is 25.8 Å². The molecule has 0 aromatic carbocycles. The van der Waals surface area contributed by atoms with E-state index in [1.165, 1.54) is 19.3 Å². The Morgan fingerprint density at radius 3 is 2.64 bits per heavy atom. The molecular weight excluding hydrogens is 138 g/mol. The molecule has 0 saturated heterocycles. The van der Waals surface area contributed by atoms with Crippen LogP contribution in [0.15, 0.2) is 0 Å². The minimum atomic E-state index is -0.0321. The van der Waals surface area contributed by atoms with Crippen LogP contribution in [0.1, 0.15) is 38.5 Å². The Morgan fingerprint density at radius 2 is 2.00 bits per heavy atom. The Morgan fingerprint density at radius 1 is 1.27 bits per heavy atom. The van der Waals surface area contributed by atoms with Crippen LogP contribution in [0.4, 0.5) is 0 Å². The van der Waals surface area contributed by atoms with Gasteiger partial charge in [0.05, 0.1) is 6.10 Å². The predicted molar refractivity (Wildman–Crippen MR) is 46.3 cm³/mol. The summed E-state index contributed by atoms with van der Waals surface area (Å²) in [6.07, 6.45) is 6.89. The SMILES string of the molecule is NCCC[C@H]1CCCC[C@H]1O. The Kier molecular flexibility index (Phi) is 3.87. The predicted octanol–water partition coefficient (Wildman–Crippen LogP) is 1.28. The average molecular weight is 157 g/mol. The van der Waals surface area contributed by atoms with Gasteiger partial charge in [0.1, 0.15) is 0 Å². The van der Waals surface area contributed by atoms with Gasteiger partial charge in [0.2, 0.25) is 0 Å². The minimum Gasteiger partial charge on any atom is -0.393 e. The van der Waals surface area contributed by atoms with Gasteiger partial charge in [-0.2, -0.15) is 0 Å². The van der Waals surface area contributed by atoms with Gasteiger partial charge in [-0.1, -0.05) is 12.8 Å². The highest BCUT2D eigenvalue weighted by atomic mass is 16.3. The van der Waals surface area contributed by atoms with Crippen LogP contribution in [0, 0.1) is 5.92 Å². The molecule has 3 N–H and O–H groups in total. The van der Waals surface area contributed by atoms with Gasteiger partial charge in [-0.15, -0.1) is 0 Å². The third-order valence-electron chi connectivity index (χ3n) is 2.65. The molecule has 1 rings (SSSR count). The summed E-state index contributed by atoms with van der Waals surface area (Å²) in [5.74, 6) is 0.548. The van der Waals surface area contributed by atoms with Gasteiger partial charge in [0.25, 0.3) is 0 Å². The lowest BCUT2D eigenvalue weighted by molar-refractivity contribution is 0.0646. The lowest BCUT2D eigenvalue weighted by Crippen LogP contribution is -2.24. The molecule has 1 saturated carbocycles. The van der Waals surface area contributed by atoms with Crippen molar-refractivity contribution in [1.82, 2.24) is 0 Å². The average Bonchev–Trinajstić information content (AvgIpc) is 2.03. The fraction of sp³-hybridized carbons (Fsp3) is 1.00. The van der Waals surface area contributed by atoms with Crippen molar-refractivity contribution in [3.05, 3.63) is 0 Å². The molecule has 0 amide bonds. The quantitative estimate of drug-likeness (QED) is 0.648. The number of nitrogens with two attached hydrogens (primary N) is 1. The van der Waals surface area contributed by atoms with Crippen molar-refractivity contribution in [2.75, 3.05) is 6.54 Å². The van der Waals surface area contributed by atoms with E-state index in [-0.39, 0.29) is 6.10 Å². The molecule has 0 spiro atoms. The van der Waals surface area contributed by atoms with Gasteiger partial charge in [0.15, 0.2) is 0 Å². The van der Waals surface area contributed by atoms with Crippen molar-refractivity contribution in [1.29, 1.82) is 0 Å². The fourth-order valence-corrected chi connectivity index (χ4v) is 1.90. The maximum Gasteiger partial charge on any atom is 0.0568 e. The van der Waals surface area contributed by atoms with E-state index in [1.807, 2.05) is 0 Å². The molecule has 0 radical (unpaired) electrons. The van der Waals surface area contributed by atoms with E-state index < -0.39 is 0 Å². The first kappa shape index (κ1) is 9.01. The van der Waals surface area contributed by atoms with Crippen LogP contribution in [0.2, 0.25) is 0 Å². The molecular formula is C9H19NO. The summed E-state index contributed by atoms with van der Waals surface area (Å²) in [6, 6.07) is 0. The Bertz CT molecular complexity index is 106. The molecule has 0 bridgehead atoms. The lowest BCUT2D eigenvalue weighted by atomic mass is 9.84. The summed E-state index contributed by atoms with van der Waals surface area (Å²) >= 11 is 0. The van der Waals surface area contributed by atoms with Gasteiger partial charge >= 0.3 is 0 Å². The summed E-state index contributed by atoms with van der Waals surface area (Å²) in [5, 5.41) is 9.55. The topological polar surface area (TPSA) is 46.2 Å². The second-order valence-electron chi connectivity index (χ2n) is 3.54. The van der Waals surface area contributed by atoms with E-state index in [9.17, 15) is 5.11 Å². The Hall–Kier alpha value is -0.0800. The Balaban J connectivity index is 2.18. The van der Waals surface area contributed by atoms with Crippen molar-refractivity contribution in [2.45, 2.75) is 44.6 Å². The second-order valence-corrected chi connectivity index (χ2v) is 3.54. The van der Waals surface area contributed by atoms with Gasteiger partial charge in [0, 0.05) is 0 Å². The molecule has 1 fully saturated rings. The normalized spacial score (nSPS) is 32.2. The molecule has 1 aliphatic rings. The summed E-state index contributed by atoms with van der Waals surface area (Å²) in [5.41, 5.74) is 5.41. The molecule has 66 valence electrons. The minimum absolute atomic E-state index is 0.0321. The lowest BCUT2D eigenvalue weighted by Gasteiger charge is -2.27. The molecule has 0 unspecified atom stereocenters. The first-order chi connectivity index (χ1) is 5.34. The highest BCUT2D eigenvalue weighted by molar-refractivity contribution is 4.74. The van der Waals surface area contributed by atoms with Crippen LogP contribution in [0.25, 0.3) is 0 Å². The molecule has 2 atom stereocenters. The standard InChI is InChI=1S/C9H19NO/c10-7-3-5-8-4-1-2-6-9(8)11/h8-9,11H,1-7,10H2/t8-,9-/m1/s1. The highest BCUT2D eigenvalue weighted by Crippen LogP contribution is 2.27. The number of rotatable bonds is 3. The summed E-state index contributed by atoms with van der Waals surface area (Å²) in [7, 11) is 0. The highest BCUT2D eigenvalue weighted by Gasteiger charge is 2.21. The van der Waals surface area contributed by atoms with Gasteiger partial charge < -0.3 is 10.8 Å². The Labute approximate surface area is 68.8 Å². The molecule has 11 heavy (non-hydrogen) atoms. The number of hydrogen-bond donors (Lipinski definition) is 2. The van der Waals surface area contributed by atoms with E-state index in [4.69, 9.17) is 5.73 Å². The van der Waals surface area contributed by atoms with Crippen molar-refractivity contribution >= 4 is 0 Å². The van der Waals surface area contributed by atoms with E-state index >= 15 is 0 Å². The van der Waals surface area contributed by atoms with Crippen LogP contribution in [0.3, 0.4) is 0 Å². The van der Waals surface area contributed by atoms with E-state index in [2.05, 4.69) is 0 Å². The largest absolute Gasteiger partial charge is 0.393 e. The van der Waals surface area contributed by atoms with Crippen LogP contribution in [-0.2, 0) is 0 Å². The molecule has 0 aromatic heterocycles. The number of hydrogen-bond acceptors (Lipinski definition) is 2. The van der Waals surface area contributed by atoms with E-state index in [0.29, 0.717) is 5.92 Å². The van der Waals surface area contributed by atoms with Crippen LogP contribution in [-0.4, -0.2) is 17.8 Å². The summed E-state index contributed by atoms with van der Waals surface area (Å²) in [6.45, 7) is 0.767. The third-order valence-corrected chi connectivity index (χ3v) is 2.65. The zero-order valence-electron chi connectivity index (χ0n) is 7.13. The fourth-order valence-electron chi connectivity index (χ4n) is 1.90. The molecule has 2 nitrogen and oxygen atoms in total. The first-order valence-electron chi connectivity index (χ1n) is 4.72. The third kappa shape index (κ3) is 2.80. The van der Waals surface area contributed by atoms with Crippen molar-refractivity contribution in [2.24, 2.45) is 11.7 Å².